The minimum Gasteiger partial charge on any atom is -0.342 e. The number of hydrogen-bond acceptors (Lipinski definition) is 5. The third-order valence-electron chi connectivity index (χ3n) is 5.72. The summed E-state index contributed by atoms with van der Waals surface area (Å²) in [6.07, 6.45) is 4.55. The fraction of sp³-hybridized carbons (Fsp3) is 0.435. The van der Waals surface area contributed by atoms with Gasteiger partial charge in [-0.05, 0) is 37.8 Å². The van der Waals surface area contributed by atoms with E-state index in [0.29, 0.717) is 22.8 Å². The first-order chi connectivity index (χ1) is 14.5. The average Bonchev–Trinajstić information content (AvgIpc) is 2.93. The molecular weight excluding hydrogens is 414 g/mol. The number of fused-ring (bicyclic) bond motifs is 1. The van der Waals surface area contributed by atoms with Crippen LogP contribution in [0.1, 0.15) is 41.7 Å². The van der Waals surface area contributed by atoms with Crippen molar-refractivity contribution in [3.05, 3.63) is 56.7 Å². The fourth-order valence-electron chi connectivity index (χ4n) is 3.86. The Hall–Kier alpha value is -2.12. The highest BCUT2D eigenvalue weighted by Crippen LogP contribution is 2.29. The minimum atomic E-state index is -0.0181. The molecule has 0 unspecified atom stereocenters. The molecule has 7 heteroatoms. The average molecular weight is 442 g/mol. The van der Waals surface area contributed by atoms with E-state index in [1.54, 1.807) is 15.9 Å². The highest BCUT2D eigenvalue weighted by Gasteiger charge is 2.20. The Labute approximate surface area is 185 Å². The zero-order valence-electron chi connectivity index (χ0n) is 17.5. The van der Waals surface area contributed by atoms with Crippen molar-refractivity contribution in [2.45, 2.75) is 51.2 Å². The van der Waals surface area contributed by atoms with E-state index in [0.717, 1.165) is 46.8 Å². The SMILES string of the molecule is Cc1sc2nc(SCC(=O)N3CCCCCC3)n(Cc3ccccc3)c(=O)c2c1C. The molecule has 1 fully saturated rings. The summed E-state index contributed by atoms with van der Waals surface area (Å²) in [7, 11) is 0. The van der Waals surface area contributed by atoms with Crippen molar-refractivity contribution in [2.24, 2.45) is 0 Å². The number of aryl methyl sites for hydroxylation is 2. The van der Waals surface area contributed by atoms with Crippen LogP contribution in [0.15, 0.2) is 40.3 Å². The molecule has 1 aromatic carbocycles. The molecule has 2 aromatic heterocycles. The second-order valence-electron chi connectivity index (χ2n) is 7.82. The maximum atomic E-state index is 13.4. The summed E-state index contributed by atoms with van der Waals surface area (Å²) >= 11 is 2.94. The lowest BCUT2D eigenvalue weighted by molar-refractivity contribution is -0.128. The van der Waals surface area contributed by atoms with Crippen molar-refractivity contribution in [3.63, 3.8) is 0 Å². The van der Waals surface area contributed by atoms with Crippen LogP contribution in [0.25, 0.3) is 10.2 Å². The predicted octanol–water partition coefficient (Wildman–Crippen LogP) is 4.62. The zero-order chi connectivity index (χ0) is 21.1. The highest BCUT2D eigenvalue weighted by molar-refractivity contribution is 7.99. The van der Waals surface area contributed by atoms with Crippen LogP contribution in [0.5, 0.6) is 0 Å². The minimum absolute atomic E-state index is 0.0181. The number of hydrogen-bond donors (Lipinski definition) is 0. The number of thioether (sulfide) groups is 1. The number of rotatable bonds is 5. The van der Waals surface area contributed by atoms with E-state index in [1.165, 1.54) is 24.6 Å². The Morgan fingerprint density at radius 3 is 2.50 bits per heavy atom. The van der Waals surface area contributed by atoms with E-state index in [9.17, 15) is 9.59 Å². The van der Waals surface area contributed by atoms with E-state index in [2.05, 4.69) is 0 Å². The molecule has 0 bridgehead atoms. The summed E-state index contributed by atoms with van der Waals surface area (Å²) in [6.45, 7) is 6.15. The van der Waals surface area contributed by atoms with Crippen LogP contribution in [-0.4, -0.2) is 39.2 Å². The van der Waals surface area contributed by atoms with Crippen molar-refractivity contribution >= 4 is 39.2 Å². The van der Waals surface area contributed by atoms with Crippen molar-refractivity contribution in [3.8, 4) is 0 Å². The molecule has 3 heterocycles. The smallest absolute Gasteiger partial charge is 0.263 e. The molecule has 4 rings (SSSR count). The number of carbonyl (C=O) groups is 1. The Balaban J connectivity index is 1.65. The van der Waals surface area contributed by atoms with Crippen molar-refractivity contribution in [2.75, 3.05) is 18.8 Å². The molecule has 0 radical (unpaired) electrons. The van der Waals surface area contributed by atoms with Crippen LogP contribution >= 0.6 is 23.1 Å². The lowest BCUT2D eigenvalue weighted by Crippen LogP contribution is -2.33. The van der Waals surface area contributed by atoms with Crippen molar-refractivity contribution in [1.82, 2.24) is 14.5 Å². The van der Waals surface area contributed by atoms with Gasteiger partial charge in [-0.15, -0.1) is 11.3 Å². The van der Waals surface area contributed by atoms with Crippen LogP contribution in [0.4, 0.5) is 0 Å². The van der Waals surface area contributed by atoms with E-state index in [-0.39, 0.29) is 11.5 Å². The van der Waals surface area contributed by atoms with Gasteiger partial charge in [-0.1, -0.05) is 54.9 Å². The van der Waals surface area contributed by atoms with Gasteiger partial charge in [0.25, 0.3) is 5.56 Å². The number of carbonyl (C=O) groups excluding carboxylic acids is 1. The third-order valence-corrected chi connectivity index (χ3v) is 7.78. The normalized spacial score (nSPS) is 14.8. The maximum Gasteiger partial charge on any atom is 0.263 e. The third kappa shape index (κ3) is 4.47. The number of nitrogens with zero attached hydrogens (tertiary/aromatic N) is 3. The summed E-state index contributed by atoms with van der Waals surface area (Å²) in [5.74, 6) is 0.455. The summed E-state index contributed by atoms with van der Waals surface area (Å²) in [6, 6.07) is 9.94. The van der Waals surface area contributed by atoms with Gasteiger partial charge in [-0.25, -0.2) is 4.98 Å². The van der Waals surface area contributed by atoms with Crippen LogP contribution in [0.2, 0.25) is 0 Å². The first kappa shape index (κ1) is 21.1. The van der Waals surface area contributed by atoms with Crippen molar-refractivity contribution in [1.29, 1.82) is 0 Å². The number of amides is 1. The van der Waals surface area contributed by atoms with Gasteiger partial charge in [0.15, 0.2) is 5.16 Å². The number of benzene rings is 1. The molecule has 0 aliphatic carbocycles. The second kappa shape index (κ2) is 9.35. The maximum absolute atomic E-state index is 13.4. The lowest BCUT2D eigenvalue weighted by atomic mass is 10.2. The van der Waals surface area contributed by atoms with Crippen LogP contribution in [-0.2, 0) is 11.3 Å². The first-order valence-corrected chi connectivity index (χ1v) is 12.3. The summed E-state index contributed by atoms with van der Waals surface area (Å²) in [5.41, 5.74) is 2.04. The van der Waals surface area contributed by atoms with Gasteiger partial charge in [-0.2, -0.15) is 0 Å². The van der Waals surface area contributed by atoms with Crippen LogP contribution in [0, 0.1) is 13.8 Å². The largest absolute Gasteiger partial charge is 0.342 e. The second-order valence-corrected chi connectivity index (χ2v) is 9.96. The summed E-state index contributed by atoms with van der Waals surface area (Å²) in [5, 5.41) is 1.33. The zero-order valence-corrected chi connectivity index (χ0v) is 19.2. The van der Waals surface area contributed by atoms with Gasteiger partial charge in [0, 0.05) is 18.0 Å². The summed E-state index contributed by atoms with van der Waals surface area (Å²) in [4.78, 5) is 34.9. The number of likely N-dealkylation sites (tertiary alicyclic amines) is 1. The molecule has 0 atom stereocenters. The molecule has 1 saturated heterocycles. The molecule has 0 N–H and O–H groups in total. The van der Waals surface area contributed by atoms with Gasteiger partial charge in [0.1, 0.15) is 4.83 Å². The van der Waals surface area contributed by atoms with Gasteiger partial charge in [0.2, 0.25) is 5.91 Å². The van der Waals surface area contributed by atoms with Gasteiger partial charge < -0.3 is 4.90 Å². The molecular formula is C23H27N3O2S2. The predicted molar refractivity (Wildman–Crippen MR) is 125 cm³/mol. The molecule has 30 heavy (non-hydrogen) atoms. The molecule has 1 amide bonds. The molecule has 1 aliphatic heterocycles. The molecule has 5 nitrogen and oxygen atoms in total. The van der Waals surface area contributed by atoms with Gasteiger partial charge in [-0.3, -0.25) is 14.2 Å². The monoisotopic (exact) mass is 441 g/mol. The Morgan fingerprint density at radius 2 is 1.80 bits per heavy atom. The lowest BCUT2D eigenvalue weighted by Gasteiger charge is -2.20. The van der Waals surface area contributed by atoms with Crippen LogP contribution in [0.3, 0.4) is 0 Å². The quantitative estimate of drug-likeness (QED) is 0.428. The standard InChI is InChI=1S/C23H27N3O2S2/c1-16-17(2)30-21-20(16)22(28)26(14-18-10-6-5-7-11-18)23(24-21)29-15-19(27)25-12-8-3-4-9-13-25/h5-7,10-11H,3-4,8-9,12-15H2,1-2H3. The van der Waals surface area contributed by atoms with E-state index in [1.807, 2.05) is 49.1 Å². The number of aromatic nitrogens is 2. The topological polar surface area (TPSA) is 55.2 Å². The molecule has 0 spiro atoms. The first-order valence-electron chi connectivity index (χ1n) is 10.5. The van der Waals surface area contributed by atoms with Crippen LogP contribution < -0.4 is 5.56 Å². The van der Waals surface area contributed by atoms with Crippen molar-refractivity contribution < 1.29 is 4.79 Å². The fourth-order valence-corrected chi connectivity index (χ4v) is 5.83. The van der Waals surface area contributed by atoms with E-state index < -0.39 is 0 Å². The Morgan fingerprint density at radius 1 is 1.10 bits per heavy atom. The molecule has 0 saturated carbocycles. The van der Waals surface area contributed by atoms with E-state index >= 15 is 0 Å². The molecule has 158 valence electrons. The molecule has 3 aromatic rings. The number of thiophene rings is 1. The molecule has 1 aliphatic rings. The Bertz CT molecular complexity index is 1100. The highest BCUT2D eigenvalue weighted by atomic mass is 32.2. The Kier molecular flexibility index (Phi) is 6.58. The summed E-state index contributed by atoms with van der Waals surface area (Å²) < 4.78 is 1.73. The van der Waals surface area contributed by atoms with E-state index in [4.69, 9.17) is 4.98 Å². The van der Waals surface area contributed by atoms with Gasteiger partial charge >= 0.3 is 0 Å². The van der Waals surface area contributed by atoms with Gasteiger partial charge in [0.05, 0.1) is 17.7 Å².